The Hall–Kier alpha value is -6.72. The molecule has 0 amide bonds. The summed E-state index contributed by atoms with van der Waals surface area (Å²) in [6.07, 6.45) is 8.44. The summed E-state index contributed by atoms with van der Waals surface area (Å²) in [7, 11) is 0. The van der Waals surface area contributed by atoms with Gasteiger partial charge in [-0.25, -0.2) is 9.97 Å². The summed E-state index contributed by atoms with van der Waals surface area (Å²) in [4.78, 5) is 21.6. The van der Waals surface area contributed by atoms with E-state index in [9.17, 15) is 5.11 Å². The van der Waals surface area contributed by atoms with Gasteiger partial charge in [0.15, 0.2) is 0 Å². The third kappa shape index (κ3) is 7.30. The van der Waals surface area contributed by atoms with E-state index in [1.165, 1.54) is 16.7 Å². The molecule has 1 N–H and O–H groups in total. The van der Waals surface area contributed by atoms with E-state index in [1.807, 2.05) is 12.1 Å². The van der Waals surface area contributed by atoms with E-state index in [1.54, 1.807) is 0 Å². The van der Waals surface area contributed by atoms with Crippen LogP contribution >= 0.6 is 0 Å². The van der Waals surface area contributed by atoms with Crippen molar-refractivity contribution in [3.8, 4) is 55.6 Å². The maximum absolute atomic E-state index is 9.59. The zero-order chi connectivity index (χ0) is 40.0. The number of nitrogens with zero attached hydrogens (tertiary/aromatic N) is 4. The molecule has 10 rings (SSSR count). The van der Waals surface area contributed by atoms with Crippen LogP contribution in [-0.2, 0) is 26.1 Å². The van der Waals surface area contributed by atoms with Crippen LogP contribution in [0.4, 0.5) is 0 Å². The SMILES string of the molecule is Cc1ccc(-c2c3nc(c(-c4ccc(C)cc4)c4ccc([n-]4)c(-c4ccc(-c5ccc(CO)cc5)cc4)c4nc(c(-c5ccc(C)cc5)c5ccc2[n-]5)C=C4)C=C3)cc1.[Zn+2]. The first kappa shape index (κ1) is 38.8. The van der Waals surface area contributed by atoms with Gasteiger partial charge in [-0.15, -0.1) is 22.1 Å². The van der Waals surface area contributed by atoms with Crippen molar-refractivity contribution in [3.05, 3.63) is 191 Å². The van der Waals surface area contributed by atoms with Crippen molar-refractivity contribution in [2.75, 3.05) is 0 Å². The van der Waals surface area contributed by atoms with Gasteiger partial charge in [0.25, 0.3) is 0 Å². The molecule has 0 spiro atoms. The van der Waals surface area contributed by atoms with Crippen molar-refractivity contribution in [2.24, 2.45) is 0 Å². The molecule has 2 aliphatic rings. The van der Waals surface area contributed by atoms with Crippen molar-refractivity contribution in [3.63, 3.8) is 0 Å². The number of rotatable bonds is 6. The number of aromatic nitrogens is 4. The summed E-state index contributed by atoms with van der Waals surface area (Å²) in [6, 6.07) is 50.9. The first-order chi connectivity index (χ1) is 28.9. The number of hydrogen-bond donors (Lipinski definition) is 1. The first-order valence-corrected chi connectivity index (χ1v) is 20.0. The molecule has 3 aromatic heterocycles. The van der Waals surface area contributed by atoms with Crippen LogP contribution in [0.15, 0.2) is 146 Å². The molecule has 5 heterocycles. The number of aryl methyl sites for hydroxylation is 3. The number of hydrogen-bond acceptors (Lipinski definition) is 3. The van der Waals surface area contributed by atoms with Gasteiger partial charge in [0.05, 0.1) is 29.4 Å². The van der Waals surface area contributed by atoms with Crippen molar-refractivity contribution in [2.45, 2.75) is 27.4 Å². The Morgan fingerprint density at radius 3 is 0.883 bits per heavy atom. The van der Waals surface area contributed by atoms with E-state index in [0.717, 1.165) is 106 Å². The fraction of sp³-hybridized carbons (Fsp3) is 0.0741. The van der Waals surface area contributed by atoms with Crippen LogP contribution in [0, 0.1) is 20.8 Å². The Balaban J connectivity index is 0.00000462. The maximum atomic E-state index is 9.59. The van der Waals surface area contributed by atoms with E-state index in [0.29, 0.717) is 0 Å². The summed E-state index contributed by atoms with van der Waals surface area (Å²) >= 11 is 0. The standard InChI is InChI=1S/C54H40N4O.Zn/c1-33-4-12-39(13-5-33)51-43-24-26-45(55-43)52(40-14-6-34(2)7-15-40)47-28-30-49(57-47)54(42-22-20-38(21-23-42)37-18-10-36(32-59)11-19-37)50-31-29-48(58-50)53(46-27-25-44(51)56-46)41-16-8-35(3)9-17-41;/h4-31,59H,32H2,1-3H3;/q-2;+2. The van der Waals surface area contributed by atoms with Gasteiger partial charge in [-0.1, -0.05) is 162 Å². The van der Waals surface area contributed by atoms with Gasteiger partial charge in [0, 0.05) is 0 Å². The normalized spacial score (nSPS) is 11.8. The Morgan fingerprint density at radius 2 is 0.600 bits per heavy atom. The third-order valence-corrected chi connectivity index (χ3v) is 11.3. The molecule has 0 fully saturated rings. The largest absolute Gasteiger partial charge is 2.00 e. The number of fused-ring (bicyclic) bond motifs is 8. The molecule has 60 heavy (non-hydrogen) atoms. The molecule has 5 aromatic carbocycles. The molecule has 8 aromatic rings. The van der Waals surface area contributed by atoms with Gasteiger partial charge < -0.3 is 15.1 Å². The second kappa shape index (κ2) is 16.1. The zero-order valence-electron chi connectivity index (χ0n) is 33.8. The van der Waals surface area contributed by atoms with E-state index in [-0.39, 0.29) is 26.1 Å². The second-order valence-electron chi connectivity index (χ2n) is 15.4. The molecule has 0 aliphatic carbocycles. The van der Waals surface area contributed by atoms with E-state index >= 15 is 0 Å². The van der Waals surface area contributed by atoms with Crippen molar-refractivity contribution in [1.29, 1.82) is 0 Å². The van der Waals surface area contributed by atoms with E-state index in [2.05, 4.69) is 179 Å². The summed E-state index contributed by atoms with van der Waals surface area (Å²) in [6.45, 7) is 6.34. The molecule has 8 bridgehead atoms. The molecule has 6 heteroatoms. The minimum atomic E-state index is 0. The zero-order valence-corrected chi connectivity index (χ0v) is 36.8. The minimum absolute atomic E-state index is 0. The van der Waals surface area contributed by atoms with Crippen LogP contribution < -0.4 is 9.97 Å². The van der Waals surface area contributed by atoms with E-state index in [4.69, 9.17) is 19.9 Å². The molecular formula is C54H40N4OZn. The molecule has 0 unspecified atom stereocenters. The molecule has 2 aliphatic heterocycles. The van der Waals surface area contributed by atoms with Crippen LogP contribution in [0.1, 0.15) is 45.0 Å². The third-order valence-electron chi connectivity index (χ3n) is 11.3. The van der Waals surface area contributed by atoms with Crippen LogP contribution in [0.3, 0.4) is 0 Å². The van der Waals surface area contributed by atoms with E-state index < -0.39 is 0 Å². The minimum Gasteiger partial charge on any atom is -0.657 e. The number of benzene rings is 5. The summed E-state index contributed by atoms with van der Waals surface area (Å²) in [5, 5.41) is 9.59. The number of aliphatic hydroxyl groups excluding tert-OH is 1. The molecule has 0 saturated carbocycles. The van der Waals surface area contributed by atoms with Gasteiger partial charge >= 0.3 is 19.5 Å². The van der Waals surface area contributed by atoms with Crippen LogP contribution in [0.25, 0.3) is 102 Å². The van der Waals surface area contributed by atoms with Gasteiger partial charge in [0.1, 0.15) is 0 Å². The van der Waals surface area contributed by atoms with Crippen LogP contribution in [0.5, 0.6) is 0 Å². The Kier molecular flexibility index (Phi) is 10.4. The Labute approximate surface area is 362 Å². The molecule has 5 nitrogen and oxygen atoms in total. The summed E-state index contributed by atoms with van der Waals surface area (Å²) < 4.78 is 0. The topological polar surface area (TPSA) is 74.2 Å². The van der Waals surface area contributed by atoms with Gasteiger partial charge in [-0.2, -0.15) is 0 Å². The second-order valence-corrected chi connectivity index (χ2v) is 15.4. The predicted molar refractivity (Wildman–Crippen MR) is 244 cm³/mol. The van der Waals surface area contributed by atoms with Gasteiger partial charge in [-0.05, 0) is 106 Å². The Bertz CT molecular complexity index is 3070. The average Bonchev–Trinajstić information content (AvgIpc) is 4.11. The maximum Gasteiger partial charge on any atom is 2.00 e. The van der Waals surface area contributed by atoms with Crippen molar-refractivity contribution >= 4 is 46.4 Å². The van der Waals surface area contributed by atoms with Gasteiger partial charge in [0.2, 0.25) is 0 Å². The fourth-order valence-electron chi connectivity index (χ4n) is 8.06. The molecule has 0 atom stereocenters. The summed E-state index contributed by atoms with van der Waals surface area (Å²) in [5.74, 6) is 0. The van der Waals surface area contributed by atoms with Crippen molar-refractivity contribution in [1.82, 2.24) is 19.9 Å². The number of aliphatic hydroxyl groups is 1. The molecule has 284 valence electrons. The molecular weight excluding hydrogens is 786 g/mol. The first-order valence-electron chi connectivity index (χ1n) is 20.0. The van der Waals surface area contributed by atoms with Crippen LogP contribution in [0.2, 0.25) is 0 Å². The van der Waals surface area contributed by atoms with Crippen molar-refractivity contribution < 1.29 is 24.6 Å². The molecule has 0 radical (unpaired) electrons. The smallest absolute Gasteiger partial charge is 0.657 e. The van der Waals surface area contributed by atoms with Gasteiger partial charge in [-0.3, -0.25) is 0 Å². The predicted octanol–water partition coefficient (Wildman–Crippen LogP) is 12.7. The Morgan fingerprint density at radius 1 is 0.350 bits per heavy atom. The van der Waals surface area contributed by atoms with Crippen LogP contribution in [-0.4, -0.2) is 15.1 Å². The molecule has 0 saturated heterocycles. The monoisotopic (exact) mass is 824 g/mol. The quantitative estimate of drug-likeness (QED) is 0.169. The summed E-state index contributed by atoms with van der Waals surface area (Å²) in [5.41, 5.74) is 21.3. The average molecular weight is 826 g/mol. The fourth-order valence-corrected chi connectivity index (χ4v) is 8.06.